The molecular formula is C18H33N5O2. The Labute approximate surface area is 151 Å². The second kappa shape index (κ2) is 10.9. The third-order valence-electron chi connectivity index (χ3n) is 4.69. The molecule has 0 atom stereocenters. The number of likely N-dealkylation sites (N-methyl/N-ethyl adjacent to an activating group) is 2. The smallest absolute Gasteiger partial charge is 0.297 e. The standard InChI is InChI=1S/C18H33N5O2/c1-5-21(6-2)13-11-15-9-10-16(19)17(18(15)23(24)25)20-12-14-22(7-3)8-4/h9-10,20H,5-8,11-14,19H2,1-4H3. The van der Waals surface area contributed by atoms with Crippen LogP contribution < -0.4 is 11.1 Å². The lowest BCUT2D eigenvalue weighted by Gasteiger charge is -2.20. The number of nitro benzene ring substituents is 1. The molecule has 0 fully saturated rings. The summed E-state index contributed by atoms with van der Waals surface area (Å²) < 4.78 is 0. The number of hydrogen-bond acceptors (Lipinski definition) is 6. The second-order valence-corrected chi connectivity index (χ2v) is 6.03. The van der Waals surface area contributed by atoms with Crippen LogP contribution in [-0.4, -0.2) is 60.5 Å². The van der Waals surface area contributed by atoms with Gasteiger partial charge in [-0.3, -0.25) is 10.1 Å². The van der Waals surface area contributed by atoms with Gasteiger partial charge >= 0.3 is 0 Å². The van der Waals surface area contributed by atoms with Crippen LogP contribution in [0.3, 0.4) is 0 Å². The van der Waals surface area contributed by atoms with E-state index in [1.54, 1.807) is 12.1 Å². The Bertz CT molecular complexity index is 543. The molecule has 0 saturated heterocycles. The van der Waals surface area contributed by atoms with Gasteiger partial charge in [0.15, 0.2) is 0 Å². The molecule has 0 saturated carbocycles. The van der Waals surface area contributed by atoms with E-state index in [-0.39, 0.29) is 10.6 Å². The lowest BCUT2D eigenvalue weighted by Crippen LogP contribution is -2.29. The maximum Gasteiger partial charge on any atom is 0.297 e. The van der Waals surface area contributed by atoms with Crippen LogP contribution in [0.5, 0.6) is 0 Å². The molecule has 1 aromatic rings. The van der Waals surface area contributed by atoms with Gasteiger partial charge in [0.25, 0.3) is 5.69 Å². The maximum absolute atomic E-state index is 11.7. The highest BCUT2D eigenvalue weighted by Gasteiger charge is 2.22. The fourth-order valence-electron chi connectivity index (χ4n) is 2.94. The van der Waals surface area contributed by atoms with E-state index in [2.05, 4.69) is 42.8 Å². The van der Waals surface area contributed by atoms with Crippen LogP contribution in [0.25, 0.3) is 0 Å². The van der Waals surface area contributed by atoms with E-state index in [0.29, 0.717) is 24.3 Å². The van der Waals surface area contributed by atoms with Crippen LogP contribution in [0, 0.1) is 10.1 Å². The summed E-state index contributed by atoms with van der Waals surface area (Å²) in [6.45, 7) is 14.5. The average Bonchev–Trinajstić information content (AvgIpc) is 2.61. The van der Waals surface area contributed by atoms with Gasteiger partial charge in [0.05, 0.1) is 10.6 Å². The van der Waals surface area contributed by atoms with Crippen molar-refractivity contribution < 1.29 is 4.92 Å². The quantitative estimate of drug-likeness (QED) is 0.342. The molecule has 142 valence electrons. The molecule has 0 aliphatic carbocycles. The largest absolute Gasteiger partial charge is 0.397 e. The van der Waals surface area contributed by atoms with Crippen molar-refractivity contribution in [1.82, 2.24) is 9.80 Å². The van der Waals surface area contributed by atoms with Gasteiger partial charge in [0.1, 0.15) is 5.69 Å². The van der Waals surface area contributed by atoms with E-state index >= 15 is 0 Å². The fourth-order valence-corrected chi connectivity index (χ4v) is 2.94. The topological polar surface area (TPSA) is 87.7 Å². The van der Waals surface area contributed by atoms with Crippen molar-refractivity contribution in [2.24, 2.45) is 0 Å². The first-order valence-corrected chi connectivity index (χ1v) is 9.22. The highest BCUT2D eigenvalue weighted by atomic mass is 16.6. The summed E-state index contributed by atoms with van der Waals surface area (Å²) in [6, 6.07) is 3.55. The van der Waals surface area contributed by atoms with E-state index in [1.165, 1.54) is 0 Å². The SMILES string of the molecule is CCN(CC)CCNc1c(N)ccc(CCN(CC)CC)c1[N+](=O)[O-]. The van der Waals surface area contributed by atoms with Crippen molar-refractivity contribution in [3.05, 3.63) is 27.8 Å². The molecule has 0 unspecified atom stereocenters. The first kappa shape index (κ1) is 21.2. The van der Waals surface area contributed by atoms with Crippen molar-refractivity contribution in [3.8, 4) is 0 Å². The number of nitrogens with two attached hydrogens (primary N) is 1. The molecule has 1 aromatic carbocycles. The Morgan fingerprint density at radius 3 is 2.12 bits per heavy atom. The summed E-state index contributed by atoms with van der Waals surface area (Å²) in [7, 11) is 0. The molecule has 0 aromatic heterocycles. The van der Waals surface area contributed by atoms with Crippen molar-refractivity contribution >= 4 is 17.1 Å². The van der Waals surface area contributed by atoms with Gasteiger partial charge in [0, 0.05) is 25.2 Å². The number of hydrogen-bond donors (Lipinski definition) is 2. The molecule has 0 spiro atoms. The number of rotatable bonds is 12. The van der Waals surface area contributed by atoms with Crippen LogP contribution in [0.15, 0.2) is 12.1 Å². The van der Waals surface area contributed by atoms with E-state index in [9.17, 15) is 10.1 Å². The molecule has 7 nitrogen and oxygen atoms in total. The van der Waals surface area contributed by atoms with Crippen molar-refractivity contribution in [2.75, 3.05) is 56.9 Å². The molecule has 0 aliphatic rings. The summed E-state index contributed by atoms with van der Waals surface area (Å²) in [6.07, 6.45) is 0.642. The normalized spacial score (nSPS) is 11.3. The number of anilines is 2. The molecule has 3 N–H and O–H groups in total. The highest BCUT2D eigenvalue weighted by molar-refractivity contribution is 5.79. The van der Waals surface area contributed by atoms with Crippen LogP contribution in [-0.2, 0) is 6.42 Å². The predicted molar refractivity (Wildman–Crippen MR) is 105 cm³/mol. The van der Waals surface area contributed by atoms with Crippen LogP contribution >= 0.6 is 0 Å². The summed E-state index contributed by atoms with van der Waals surface area (Å²) >= 11 is 0. The average molecular weight is 351 g/mol. The third-order valence-corrected chi connectivity index (χ3v) is 4.69. The number of nitrogens with one attached hydrogen (secondary N) is 1. The van der Waals surface area contributed by atoms with Gasteiger partial charge < -0.3 is 20.9 Å². The Morgan fingerprint density at radius 2 is 1.60 bits per heavy atom. The van der Waals surface area contributed by atoms with Gasteiger partial charge in [-0.05, 0) is 44.7 Å². The number of nitrogens with zero attached hydrogens (tertiary/aromatic N) is 3. The Morgan fingerprint density at radius 1 is 1.04 bits per heavy atom. The van der Waals surface area contributed by atoms with Gasteiger partial charge in [-0.15, -0.1) is 0 Å². The Balaban J connectivity index is 2.95. The van der Waals surface area contributed by atoms with Gasteiger partial charge in [-0.1, -0.05) is 27.7 Å². The number of nitro groups is 1. The molecule has 0 amide bonds. The van der Waals surface area contributed by atoms with Crippen LogP contribution in [0.2, 0.25) is 0 Å². The van der Waals surface area contributed by atoms with E-state index in [1.807, 2.05) is 0 Å². The van der Waals surface area contributed by atoms with Gasteiger partial charge in [-0.2, -0.15) is 0 Å². The number of nitrogen functional groups attached to an aromatic ring is 1. The zero-order chi connectivity index (χ0) is 18.8. The number of benzene rings is 1. The Kier molecular flexibility index (Phi) is 9.23. The molecule has 0 heterocycles. The van der Waals surface area contributed by atoms with Gasteiger partial charge in [-0.25, -0.2) is 0 Å². The predicted octanol–water partition coefficient (Wildman–Crippen LogP) is 2.82. The van der Waals surface area contributed by atoms with E-state index in [0.717, 1.165) is 44.8 Å². The lowest BCUT2D eigenvalue weighted by atomic mass is 10.1. The minimum Gasteiger partial charge on any atom is -0.397 e. The molecule has 25 heavy (non-hydrogen) atoms. The zero-order valence-corrected chi connectivity index (χ0v) is 16.0. The zero-order valence-electron chi connectivity index (χ0n) is 16.0. The van der Waals surface area contributed by atoms with Crippen molar-refractivity contribution in [2.45, 2.75) is 34.1 Å². The molecule has 0 aliphatic heterocycles. The minimum atomic E-state index is -0.312. The molecular weight excluding hydrogens is 318 g/mol. The summed E-state index contributed by atoms with van der Waals surface area (Å²) in [5, 5.41) is 14.9. The first-order valence-electron chi connectivity index (χ1n) is 9.22. The molecule has 1 rings (SSSR count). The first-order chi connectivity index (χ1) is 12.0. The van der Waals surface area contributed by atoms with Crippen molar-refractivity contribution in [1.29, 1.82) is 0 Å². The highest BCUT2D eigenvalue weighted by Crippen LogP contribution is 2.34. The summed E-state index contributed by atoms with van der Waals surface area (Å²) in [4.78, 5) is 15.9. The Hall–Kier alpha value is -1.86. The van der Waals surface area contributed by atoms with Crippen LogP contribution in [0.1, 0.15) is 33.3 Å². The van der Waals surface area contributed by atoms with Crippen molar-refractivity contribution in [3.63, 3.8) is 0 Å². The van der Waals surface area contributed by atoms with Crippen LogP contribution in [0.4, 0.5) is 17.1 Å². The third kappa shape index (κ3) is 6.17. The van der Waals surface area contributed by atoms with Gasteiger partial charge in [0.2, 0.25) is 0 Å². The monoisotopic (exact) mass is 351 g/mol. The molecule has 0 radical (unpaired) electrons. The minimum absolute atomic E-state index is 0.117. The van der Waals surface area contributed by atoms with E-state index in [4.69, 9.17) is 5.73 Å². The molecule has 0 bridgehead atoms. The summed E-state index contributed by atoms with van der Waals surface area (Å²) in [5.41, 5.74) is 7.76. The van der Waals surface area contributed by atoms with E-state index < -0.39 is 0 Å². The fraction of sp³-hybridized carbons (Fsp3) is 0.667. The molecule has 7 heteroatoms. The maximum atomic E-state index is 11.7. The lowest BCUT2D eigenvalue weighted by molar-refractivity contribution is -0.384. The summed E-state index contributed by atoms with van der Waals surface area (Å²) in [5.74, 6) is 0. The second-order valence-electron chi connectivity index (χ2n) is 6.03.